The van der Waals surface area contributed by atoms with Gasteiger partial charge in [0.05, 0.1) is 13.2 Å². The molecular weight excluding hydrogens is 270 g/mol. The van der Waals surface area contributed by atoms with Crippen molar-refractivity contribution in [3.63, 3.8) is 0 Å². The third kappa shape index (κ3) is 4.81. The second kappa shape index (κ2) is 9.50. The number of hydrogen-bond acceptors (Lipinski definition) is 5. The van der Waals surface area contributed by atoms with Crippen LogP contribution in [-0.2, 0) is 24.5 Å². The molecule has 0 saturated carbocycles. The fraction of sp³-hybridized carbons (Fsp3) is 0.562. The van der Waals surface area contributed by atoms with Crippen LogP contribution in [0.1, 0.15) is 18.9 Å². The molecule has 1 aromatic carbocycles. The van der Waals surface area contributed by atoms with E-state index in [1.165, 1.54) is 0 Å². The number of benzene rings is 1. The predicted molar refractivity (Wildman–Crippen MR) is 81.1 cm³/mol. The lowest BCUT2D eigenvalue weighted by Gasteiger charge is -2.31. The van der Waals surface area contributed by atoms with Gasteiger partial charge in [0.15, 0.2) is 5.54 Å². The van der Waals surface area contributed by atoms with E-state index in [2.05, 4.69) is 5.32 Å². The molecule has 0 bridgehead atoms. The molecule has 0 fully saturated rings. The molecule has 118 valence electrons. The molecule has 0 spiro atoms. The van der Waals surface area contributed by atoms with E-state index in [4.69, 9.17) is 14.2 Å². The summed E-state index contributed by atoms with van der Waals surface area (Å²) in [5, 5.41) is 3.08. The van der Waals surface area contributed by atoms with Crippen LogP contribution in [0.4, 0.5) is 0 Å². The Bertz CT molecular complexity index is 410. The van der Waals surface area contributed by atoms with Crippen molar-refractivity contribution in [2.24, 2.45) is 0 Å². The first-order valence-corrected chi connectivity index (χ1v) is 7.19. The van der Waals surface area contributed by atoms with Crippen LogP contribution in [0.3, 0.4) is 0 Å². The van der Waals surface area contributed by atoms with Gasteiger partial charge < -0.3 is 14.2 Å². The number of nitrogens with one attached hydrogen (secondary N) is 1. The third-order valence-electron chi connectivity index (χ3n) is 3.27. The Balaban J connectivity index is 2.85. The number of ether oxygens (including phenoxy) is 3. The monoisotopic (exact) mass is 295 g/mol. The maximum atomic E-state index is 12.4. The largest absolute Gasteiger partial charge is 0.464 e. The van der Waals surface area contributed by atoms with E-state index in [-0.39, 0.29) is 12.6 Å². The Kier molecular flexibility index (Phi) is 7.97. The molecule has 1 rings (SSSR count). The molecule has 0 aliphatic rings. The van der Waals surface area contributed by atoms with Crippen molar-refractivity contribution in [3.8, 4) is 0 Å². The molecule has 0 heterocycles. The van der Waals surface area contributed by atoms with Crippen molar-refractivity contribution in [2.75, 3.05) is 40.6 Å². The van der Waals surface area contributed by atoms with Crippen molar-refractivity contribution in [1.29, 1.82) is 0 Å². The van der Waals surface area contributed by atoms with E-state index < -0.39 is 5.54 Å². The van der Waals surface area contributed by atoms with Crippen molar-refractivity contribution < 1.29 is 19.0 Å². The van der Waals surface area contributed by atoms with Crippen molar-refractivity contribution in [1.82, 2.24) is 5.32 Å². The number of rotatable bonds is 10. The van der Waals surface area contributed by atoms with Crippen LogP contribution in [-0.4, -0.2) is 46.6 Å². The van der Waals surface area contributed by atoms with Gasteiger partial charge in [-0.05, 0) is 26.0 Å². The van der Waals surface area contributed by atoms with E-state index in [1.54, 1.807) is 21.1 Å². The highest BCUT2D eigenvalue weighted by molar-refractivity contribution is 5.83. The Hall–Kier alpha value is -1.43. The molecule has 1 atom stereocenters. The van der Waals surface area contributed by atoms with Crippen molar-refractivity contribution in [3.05, 3.63) is 35.9 Å². The summed E-state index contributed by atoms with van der Waals surface area (Å²) < 4.78 is 15.9. The van der Waals surface area contributed by atoms with Gasteiger partial charge in [-0.1, -0.05) is 30.3 Å². The van der Waals surface area contributed by atoms with Crippen molar-refractivity contribution >= 4 is 5.97 Å². The number of hydrogen-bond donors (Lipinski definition) is 1. The fourth-order valence-electron chi connectivity index (χ4n) is 2.09. The molecule has 5 nitrogen and oxygen atoms in total. The topological polar surface area (TPSA) is 56.8 Å². The maximum Gasteiger partial charge on any atom is 0.333 e. The lowest BCUT2D eigenvalue weighted by Crippen LogP contribution is -2.52. The zero-order valence-electron chi connectivity index (χ0n) is 13.1. The minimum Gasteiger partial charge on any atom is -0.464 e. The molecular formula is C16H25NO4. The van der Waals surface area contributed by atoms with E-state index in [9.17, 15) is 4.79 Å². The van der Waals surface area contributed by atoms with E-state index in [0.29, 0.717) is 19.8 Å². The van der Waals surface area contributed by atoms with E-state index >= 15 is 0 Å². The van der Waals surface area contributed by atoms with Gasteiger partial charge >= 0.3 is 5.97 Å². The smallest absolute Gasteiger partial charge is 0.333 e. The van der Waals surface area contributed by atoms with Gasteiger partial charge in [-0.3, -0.25) is 5.32 Å². The molecule has 0 aliphatic carbocycles. The zero-order valence-corrected chi connectivity index (χ0v) is 13.1. The van der Waals surface area contributed by atoms with Crippen LogP contribution in [0.5, 0.6) is 0 Å². The summed E-state index contributed by atoms with van der Waals surface area (Å²) in [6.07, 6.45) is 0.786. The second-order valence-corrected chi connectivity index (χ2v) is 4.64. The summed E-state index contributed by atoms with van der Waals surface area (Å²) in [5.74, 6) is -0.328. The lowest BCUT2D eigenvalue weighted by atomic mass is 9.91. The molecule has 1 aromatic rings. The Morgan fingerprint density at radius 1 is 1.24 bits per heavy atom. The van der Waals surface area contributed by atoms with Gasteiger partial charge in [-0.2, -0.15) is 0 Å². The van der Waals surface area contributed by atoms with Gasteiger partial charge in [0.25, 0.3) is 0 Å². The second-order valence-electron chi connectivity index (χ2n) is 4.64. The molecule has 0 aromatic heterocycles. The maximum absolute atomic E-state index is 12.4. The highest BCUT2D eigenvalue weighted by atomic mass is 16.5. The lowest BCUT2D eigenvalue weighted by molar-refractivity contribution is -0.154. The Morgan fingerprint density at radius 2 is 1.95 bits per heavy atom. The fourth-order valence-corrected chi connectivity index (χ4v) is 2.09. The molecule has 0 radical (unpaired) electrons. The number of methoxy groups -OCH3 is 1. The Morgan fingerprint density at radius 3 is 2.52 bits per heavy atom. The molecule has 0 saturated heterocycles. The summed E-state index contributed by atoms with van der Waals surface area (Å²) >= 11 is 0. The highest BCUT2D eigenvalue weighted by Gasteiger charge is 2.40. The summed E-state index contributed by atoms with van der Waals surface area (Å²) in [4.78, 5) is 12.4. The summed E-state index contributed by atoms with van der Waals surface area (Å²) in [7, 11) is 3.39. The molecule has 0 amide bonds. The first-order valence-electron chi connectivity index (χ1n) is 7.19. The molecule has 1 N–H and O–H groups in total. The van der Waals surface area contributed by atoms with Gasteiger partial charge in [0.1, 0.15) is 0 Å². The third-order valence-corrected chi connectivity index (χ3v) is 3.27. The van der Waals surface area contributed by atoms with Crippen LogP contribution < -0.4 is 5.32 Å². The standard InChI is InChI=1S/C16H25NO4/c1-4-21-15(18)16(17-2,13-20-12-8-11-19-3)14-9-6-5-7-10-14/h5-7,9-10,17H,4,8,11-13H2,1-3H3. The van der Waals surface area contributed by atoms with Crippen LogP contribution in [0.25, 0.3) is 0 Å². The van der Waals surface area contributed by atoms with Crippen LogP contribution in [0, 0.1) is 0 Å². The number of carbonyl (C=O) groups is 1. The first kappa shape index (κ1) is 17.6. The van der Waals surface area contributed by atoms with Gasteiger partial charge in [0.2, 0.25) is 0 Å². The summed E-state index contributed by atoms with van der Waals surface area (Å²) in [6.45, 7) is 3.51. The molecule has 5 heteroatoms. The number of esters is 1. The number of carbonyl (C=O) groups excluding carboxylic acids is 1. The van der Waals surface area contributed by atoms with Crippen LogP contribution in [0.15, 0.2) is 30.3 Å². The predicted octanol–water partition coefficient (Wildman–Crippen LogP) is 1.72. The summed E-state index contributed by atoms with van der Waals surface area (Å²) in [6, 6.07) is 9.49. The quantitative estimate of drug-likeness (QED) is 0.526. The first-order chi connectivity index (χ1) is 10.2. The zero-order chi connectivity index (χ0) is 15.6. The van der Waals surface area contributed by atoms with Gasteiger partial charge in [0, 0.05) is 20.3 Å². The average Bonchev–Trinajstić information content (AvgIpc) is 2.52. The van der Waals surface area contributed by atoms with Gasteiger partial charge in [-0.25, -0.2) is 4.79 Å². The number of likely N-dealkylation sites (N-methyl/N-ethyl adjacent to an activating group) is 1. The molecule has 0 aliphatic heterocycles. The van der Waals surface area contributed by atoms with E-state index in [1.807, 2.05) is 30.3 Å². The Labute approximate surface area is 126 Å². The van der Waals surface area contributed by atoms with Crippen LogP contribution in [0.2, 0.25) is 0 Å². The highest BCUT2D eigenvalue weighted by Crippen LogP contribution is 2.23. The SMILES string of the molecule is CCOC(=O)C(COCCCOC)(NC)c1ccccc1. The minimum absolute atomic E-state index is 0.218. The van der Waals surface area contributed by atoms with Gasteiger partial charge in [-0.15, -0.1) is 0 Å². The minimum atomic E-state index is -0.982. The van der Waals surface area contributed by atoms with Crippen LogP contribution >= 0.6 is 0 Å². The summed E-state index contributed by atoms with van der Waals surface area (Å²) in [5.41, 5.74) is -0.151. The van der Waals surface area contributed by atoms with Crippen molar-refractivity contribution in [2.45, 2.75) is 18.9 Å². The normalized spacial score (nSPS) is 13.7. The van der Waals surface area contributed by atoms with E-state index in [0.717, 1.165) is 12.0 Å². The average molecular weight is 295 g/mol. The molecule has 1 unspecified atom stereocenters. The molecule has 21 heavy (non-hydrogen) atoms.